The zero-order chi connectivity index (χ0) is 19.6. The smallest absolute Gasteiger partial charge is 0.338 e. The molecule has 0 atom stereocenters. The summed E-state index contributed by atoms with van der Waals surface area (Å²) in [6.07, 6.45) is 1.98. The van der Waals surface area contributed by atoms with E-state index in [2.05, 4.69) is 6.92 Å². The SMILES string of the molecule is CCCCOc1ccc(C(=O)OCc2ccc(C(N)=O)cc2)cc1OCC. The molecule has 0 saturated carbocycles. The van der Waals surface area contributed by atoms with Crippen molar-refractivity contribution in [2.75, 3.05) is 13.2 Å². The summed E-state index contributed by atoms with van der Waals surface area (Å²) >= 11 is 0. The van der Waals surface area contributed by atoms with Crippen LogP contribution in [0.1, 0.15) is 53.0 Å². The zero-order valence-electron chi connectivity index (χ0n) is 15.7. The quantitative estimate of drug-likeness (QED) is 0.508. The molecule has 27 heavy (non-hydrogen) atoms. The largest absolute Gasteiger partial charge is 0.490 e. The Morgan fingerprint density at radius 2 is 1.63 bits per heavy atom. The van der Waals surface area contributed by atoms with Crippen molar-refractivity contribution in [2.45, 2.75) is 33.3 Å². The summed E-state index contributed by atoms with van der Waals surface area (Å²) in [4.78, 5) is 23.4. The second kappa shape index (κ2) is 10.2. The summed E-state index contributed by atoms with van der Waals surface area (Å²) in [5.41, 5.74) is 6.76. The van der Waals surface area contributed by atoms with Gasteiger partial charge in [0.1, 0.15) is 6.61 Å². The second-order valence-electron chi connectivity index (χ2n) is 5.93. The lowest BCUT2D eigenvalue weighted by Crippen LogP contribution is -2.11. The summed E-state index contributed by atoms with van der Waals surface area (Å²) in [6.45, 7) is 5.12. The van der Waals surface area contributed by atoms with Crippen LogP contribution >= 0.6 is 0 Å². The van der Waals surface area contributed by atoms with E-state index in [0.29, 0.717) is 35.8 Å². The van der Waals surface area contributed by atoms with E-state index in [1.165, 1.54) is 0 Å². The van der Waals surface area contributed by atoms with Crippen molar-refractivity contribution >= 4 is 11.9 Å². The molecule has 2 aromatic carbocycles. The topological polar surface area (TPSA) is 87.9 Å². The van der Waals surface area contributed by atoms with Gasteiger partial charge in [-0.1, -0.05) is 25.5 Å². The zero-order valence-corrected chi connectivity index (χ0v) is 15.7. The van der Waals surface area contributed by atoms with Crippen LogP contribution in [0.25, 0.3) is 0 Å². The summed E-state index contributed by atoms with van der Waals surface area (Å²) < 4.78 is 16.6. The Morgan fingerprint density at radius 3 is 2.26 bits per heavy atom. The molecule has 0 aliphatic heterocycles. The second-order valence-corrected chi connectivity index (χ2v) is 5.93. The lowest BCUT2D eigenvalue weighted by atomic mass is 10.1. The van der Waals surface area contributed by atoms with Gasteiger partial charge in [0.25, 0.3) is 0 Å². The highest BCUT2D eigenvalue weighted by molar-refractivity contribution is 5.92. The third kappa shape index (κ3) is 6.02. The Morgan fingerprint density at radius 1 is 0.926 bits per heavy atom. The highest BCUT2D eigenvalue weighted by Gasteiger charge is 2.13. The third-order valence-corrected chi connectivity index (χ3v) is 3.84. The van der Waals surface area contributed by atoms with Crippen molar-refractivity contribution in [3.05, 3.63) is 59.2 Å². The Hall–Kier alpha value is -3.02. The number of rotatable bonds is 10. The van der Waals surface area contributed by atoms with Crippen molar-refractivity contribution in [3.63, 3.8) is 0 Å². The van der Waals surface area contributed by atoms with Gasteiger partial charge < -0.3 is 19.9 Å². The molecule has 2 rings (SSSR count). The van der Waals surface area contributed by atoms with Crippen LogP contribution in [0.5, 0.6) is 11.5 Å². The van der Waals surface area contributed by atoms with E-state index in [0.717, 1.165) is 18.4 Å². The minimum absolute atomic E-state index is 0.0938. The molecule has 0 heterocycles. The van der Waals surface area contributed by atoms with Crippen molar-refractivity contribution in [2.24, 2.45) is 5.73 Å². The Balaban J connectivity index is 2.02. The number of carbonyl (C=O) groups excluding carboxylic acids is 2. The van der Waals surface area contributed by atoms with Crippen LogP contribution in [0.4, 0.5) is 0 Å². The predicted molar refractivity (Wildman–Crippen MR) is 102 cm³/mol. The Labute approximate surface area is 159 Å². The van der Waals surface area contributed by atoms with Crippen molar-refractivity contribution in [3.8, 4) is 11.5 Å². The first-order valence-electron chi connectivity index (χ1n) is 9.00. The number of hydrogen-bond acceptors (Lipinski definition) is 5. The minimum Gasteiger partial charge on any atom is -0.490 e. The fraction of sp³-hybridized carbons (Fsp3) is 0.333. The number of amides is 1. The van der Waals surface area contributed by atoms with Crippen LogP contribution in [0, 0.1) is 0 Å². The van der Waals surface area contributed by atoms with Gasteiger partial charge in [-0.05, 0) is 49.2 Å². The van der Waals surface area contributed by atoms with E-state index < -0.39 is 11.9 Å². The Kier molecular flexibility index (Phi) is 7.67. The highest BCUT2D eigenvalue weighted by Crippen LogP contribution is 2.29. The summed E-state index contributed by atoms with van der Waals surface area (Å²) in [5, 5.41) is 0. The van der Waals surface area contributed by atoms with Crippen molar-refractivity contribution < 1.29 is 23.8 Å². The molecule has 2 aromatic rings. The molecule has 0 radical (unpaired) electrons. The first-order valence-corrected chi connectivity index (χ1v) is 9.00. The summed E-state index contributed by atoms with van der Waals surface area (Å²) in [5.74, 6) is 0.177. The fourth-order valence-corrected chi connectivity index (χ4v) is 2.35. The number of esters is 1. The molecule has 6 heteroatoms. The molecular formula is C21H25NO5. The first kappa shape index (κ1) is 20.3. The molecule has 144 valence electrons. The molecule has 0 spiro atoms. The van der Waals surface area contributed by atoms with E-state index >= 15 is 0 Å². The summed E-state index contributed by atoms with van der Waals surface area (Å²) in [7, 11) is 0. The monoisotopic (exact) mass is 371 g/mol. The lowest BCUT2D eigenvalue weighted by molar-refractivity contribution is 0.0472. The molecule has 0 aliphatic rings. The average molecular weight is 371 g/mol. The van der Waals surface area contributed by atoms with E-state index in [1.54, 1.807) is 42.5 Å². The maximum atomic E-state index is 12.3. The molecule has 0 saturated heterocycles. The molecule has 0 aliphatic carbocycles. The van der Waals surface area contributed by atoms with Crippen LogP contribution < -0.4 is 15.2 Å². The standard InChI is InChI=1S/C21H25NO5/c1-3-5-12-26-18-11-10-17(13-19(18)25-4-2)21(24)27-14-15-6-8-16(9-7-15)20(22)23/h6-11,13H,3-5,12,14H2,1-2H3,(H2,22,23). The number of nitrogens with two attached hydrogens (primary N) is 1. The van der Waals surface area contributed by atoms with Gasteiger partial charge in [-0.2, -0.15) is 0 Å². The van der Waals surface area contributed by atoms with Crippen LogP contribution in [-0.4, -0.2) is 25.1 Å². The molecule has 0 fully saturated rings. The van der Waals surface area contributed by atoms with E-state index in [-0.39, 0.29) is 6.61 Å². The molecular weight excluding hydrogens is 346 g/mol. The molecule has 1 amide bonds. The normalized spacial score (nSPS) is 10.3. The number of hydrogen-bond donors (Lipinski definition) is 1. The van der Waals surface area contributed by atoms with Gasteiger partial charge in [-0.3, -0.25) is 4.79 Å². The third-order valence-electron chi connectivity index (χ3n) is 3.84. The number of benzene rings is 2. The van der Waals surface area contributed by atoms with Gasteiger partial charge in [0.05, 0.1) is 18.8 Å². The minimum atomic E-state index is -0.497. The molecule has 0 aromatic heterocycles. The number of unbranched alkanes of at least 4 members (excludes halogenated alkanes) is 1. The predicted octanol–water partition coefficient (Wildman–Crippen LogP) is 3.72. The van der Waals surface area contributed by atoms with E-state index in [1.807, 2.05) is 6.92 Å². The van der Waals surface area contributed by atoms with Crippen molar-refractivity contribution in [1.82, 2.24) is 0 Å². The van der Waals surface area contributed by atoms with Crippen LogP contribution in [0.15, 0.2) is 42.5 Å². The van der Waals surface area contributed by atoms with Gasteiger partial charge in [0.15, 0.2) is 11.5 Å². The lowest BCUT2D eigenvalue weighted by Gasteiger charge is -2.13. The maximum absolute atomic E-state index is 12.3. The molecule has 0 unspecified atom stereocenters. The van der Waals surface area contributed by atoms with E-state index in [9.17, 15) is 9.59 Å². The van der Waals surface area contributed by atoms with Gasteiger partial charge in [0.2, 0.25) is 5.91 Å². The van der Waals surface area contributed by atoms with E-state index in [4.69, 9.17) is 19.9 Å². The van der Waals surface area contributed by atoms with Crippen LogP contribution in [-0.2, 0) is 11.3 Å². The average Bonchev–Trinajstić information content (AvgIpc) is 2.68. The molecule has 2 N–H and O–H groups in total. The number of carbonyl (C=O) groups is 2. The number of primary amides is 1. The van der Waals surface area contributed by atoms with Crippen LogP contribution in [0.3, 0.4) is 0 Å². The van der Waals surface area contributed by atoms with Gasteiger partial charge in [0, 0.05) is 5.56 Å². The number of ether oxygens (including phenoxy) is 3. The molecule has 0 bridgehead atoms. The fourth-order valence-electron chi connectivity index (χ4n) is 2.35. The highest BCUT2D eigenvalue weighted by atomic mass is 16.5. The van der Waals surface area contributed by atoms with Gasteiger partial charge >= 0.3 is 5.97 Å². The molecule has 6 nitrogen and oxygen atoms in total. The first-order chi connectivity index (χ1) is 13.0. The summed E-state index contributed by atoms with van der Waals surface area (Å²) in [6, 6.07) is 11.6. The maximum Gasteiger partial charge on any atom is 0.338 e. The van der Waals surface area contributed by atoms with Gasteiger partial charge in [-0.15, -0.1) is 0 Å². The van der Waals surface area contributed by atoms with Crippen molar-refractivity contribution in [1.29, 1.82) is 0 Å². The Bertz CT molecular complexity index is 771. The van der Waals surface area contributed by atoms with Crippen LogP contribution in [0.2, 0.25) is 0 Å². The van der Waals surface area contributed by atoms with Gasteiger partial charge in [-0.25, -0.2) is 4.79 Å².